The van der Waals surface area contributed by atoms with Crippen molar-refractivity contribution < 1.29 is 0 Å². The third kappa shape index (κ3) is 4.91. The largest absolute Gasteiger partial charge is 0.325 e. The Labute approximate surface area is 116 Å². The van der Waals surface area contributed by atoms with Crippen LogP contribution in [0.15, 0.2) is 29.3 Å². The summed E-state index contributed by atoms with van der Waals surface area (Å²) in [7, 11) is 0. The van der Waals surface area contributed by atoms with Crippen LogP contribution in [0.1, 0.15) is 46.1 Å². The summed E-state index contributed by atoms with van der Waals surface area (Å²) in [5.74, 6) is 6.13. The minimum atomic E-state index is 0.0761. The van der Waals surface area contributed by atoms with E-state index in [0.29, 0.717) is 5.96 Å². The Kier molecular flexibility index (Phi) is 5.83. The molecule has 0 spiro atoms. The molecule has 1 aromatic carbocycles. The normalized spacial score (nSPS) is 12.4. The zero-order valence-corrected chi connectivity index (χ0v) is 12.5. The third-order valence-electron chi connectivity index (χ3n) is 2.91. The number of nitrogens with one attached hydrogen (secondary N) is 2. The van der Waals surface area contributed by atoms with Crippen LogP contribution < -0.4 is 16.6 Å². The Morgan fingerprint density at radius 3 is 2.53 bits per heavy atom. The van der Waals surface area contributed by atoms with E-state index in [1.807, 2.05) is 12.1 Å². The van der Waals surface area contributed by atoms with Crippen molar-refractivity contribution in [2.24, 2.45) is 10.8 Å². The molecule has 0 bridgehead atoms. The van der Waals surface area contributed by atoms with Crippen LogP contribution in [0.2, 0.25) is 0 Å². The Morgan fingerprint density at radius 2 is 1.95 bits per heavy atom. The molecule has 1 rings (SSSR count). The summed E-state index contributed by atoms with van der Waals surface area (Å²) in [6, 6.07) is 8.24. The summed E-state index contributed by atoms with van der Waals surface area (Å²) >= 11 is 0. The molecule has 4 heteroatoms. The van der Waals surface area contributed by atoms with E-state index in [1.165, 1.54) is 5.56 Å². The smallest absolute Gasteiger partial charge is 0.210 e. The van der Waals surface area contributed by atoms with Crippen LogP contribution in [-0.4, -0.2) is 12.5 Å². The highest BCUT2D eigenvalue weighted by Gasteiger charge is 2.17. The lowest BCUT2D eigenvalue weighted by Crippen LogP contribution is -2.37. The lowest BCUT2D eigenvalue weighted by molar-refractivity contribution is 0.592. The van der Waals surface area contributed by atoms with Gasteiger partial charge in [-0.2, -0.15) is 0 Å². The number of hydrogen-bond donors (Lipinski definition) is 3. The Bertz CT molecular complexity index is 418. The first-order valence-electron chi connectivity index (χ1n) is 6.86. The molecule has 0 saturated heterocycles. The van der Waals surface area contributed by atoms with Gasteiger partial charge in [0, 0.05) is 12.2 Å². The van der Waals surface area contributed by atoms with E-state index in [2.05, 4.69) is 55.6 Å². The van der Waals surface area contributed by atoms with Gasteiger partial charge in [-0.1, -0.05) is 52.3 Å². The molecule has 0 amide bonds. The van der Waals surface area contributed by atoms with Crippen LogP contribution in [-0.2, 0) is 5.41 Å². The monoisotopic (exact) mass is 262 g/mol. The van der Waals surface area contributed by atoms with Gasteiger partial charge in [0.2, 0.25) is 5.96 Å². The SMILES string of the molecule is CCCCN=C(NN)Nc1ccccc1C(C)(C)C. The minimum absolute atomic E-state index is 0.0761. The predicted octanol–water partition coefficient (Wildman–Crippen LogP) is 3.02. The van der Waals surface area contributed by atoms with Crippen molar-refractivity contribution >= 4 is 11.6 Å². The maximum atomic E-state index is 5.52. The number of nitrogens with two attached hydrogens (primary N) is 1. The van der Waals surface area contributed by atoms with Crippen molar-refractivity contribution in [1.82, 2.24) is 5.43 Å². The Morgan fingerprint density at radius 1 is 1.26 bits per heavy atom. The molecular weight excluding hydrogens is 236 g/mol. The number of guanidine groups is 1. The first-order chi connectivity index (χ1) is 8.99. The lowest BCUT2D eigenvalue weighted by Gasteiger charge is -2.23. The highest BCUT2D eigenvalue weighted by atomic mass is 15.3. The fourth-order valence-corrected chi connectivity index (χ4v) is 1.84. The number of nitrogens with zero attached hydrogens (tertiary/aromatic N) is 1. The molecule has 0 heterocycles. The van der Waals surface area contributed by atoms with Crippen molar-refractivity contribution in [3.05, 3.63) is 29.8 Å². The predicted molar refractivity (Wildman–Crippen MR) is 83.3 cm³/mol. The van der Waals surface area contributed by atoms with E-state index in [4.69, 9.17) is 5.84 Å². The van der Waals surface area contributed by atoms with E-state index in [-0.39, 0.29) is 5.41 Å². The van der Waals surface area contributed by atoms with E-state index >= 15 is 0 Å². The summed E-state index contributed by atoms with van der Waals surface area (Å²) in [4.78, 5) is 4.42. The number of hydrazine groups is 1. The van der Waals surface area contributed by atoms with Crippen LogP contribution in [0.4, 0.5) is 5.69 Å². The van der Waals surface area contributed by atoms with Crippen LogP contribution in [0.3, 0.4) is 0 Å². The molecule has 0 atom stereocenters. The molecule has 0 aliphatic carbocycles. The number of anilines is 1. The van der Waals surface area contributed by atoms with Crippen LogP contribution in [0, 0.1) is 0 Å². The molecule has 1 aromatic rings. The van der Waals surface area contributed by atoms with Gasteiger partial charge in [-0.3, -0.25) is 10.4 Å². The average molecular weight is 262 g/mol. The first-order valence-corrected chi connectivity index (χ1v) is 6.86. The second-order valence-corrected chi connectivity index (χ2v) is 5.65. The van der Waals surface area contributed by atoms with Crippen LogP contribution >= 0.6 is 0 Å². The molecule has 0 radical (unpaired) electrons. The van der Waals surface area contributed by atoms with Crippen LogP contribution in [0.25, 0.3) is 0 Å². The zero-order valence-electron chi connectivity index (χ0n) is 12.5. The molecule has 4 N–H and O–H groups in total. The number of rotatable bonds is 4. The fraction of sp³-hybridized carbons (Fsp3) is 0.533. The van der Waals surface area contributed by atoms with Gasteiger partial charge < -0.3 is 5.32 Å². The van der Waals surface area contributed by atoms with Gasteiger partial charge in [-0.15, -0.1) is 0 Å². The number of aliphatic imine (C=N–C) groups is 1. The van der Waals surface area contributed by atoms with Gasteiger partial charge in [0.1, 0.15) is 0 Å². The summed E-state index contributed by atoms with van der Waals surface area (Å²) < 4.78 is 0. The lowest BCUT2D eigenvalue weighted by atomic mass is 9.86. The van der Waals surface area contributed by atoms with Gasteiger partial charge in [0.15, 0.2) is 0 Å². The van der Waals surface area contributed by atoms with Gasteiger partial charge >= 0.3 is 0 Å². The zero-order chi connectivity index (χ0) is 14.3. The molecule has 0 saturated carbocycles. The third-order valence-corrected chi connectivity index (χ3v) is 2.91. The van der Waals surface area contributed by atoms with Gasteiger partial charge in [0.25, 0.3) is 0 Å². The van der Waals surface area contributed by atoms with Crippen LogP contribution in [0.5, 0.6) is 0 Å². The van der Waals surface area contributed by atoms with Gasteiger partial charge in [-0.05, 0) is 23.5 Å². The number of para-hydroxylation sites is 1. The molecule has 0 aliphatic heterocycles. The topological polar surface area (TPSA) is 62.4 Å². The fourth-order valence-electron chi connectivity index (χ4n) is 1.84. The molecule has 0 aromatic heterocycles. The Balaban J connectivity index is 2.89. The highest BCUT2D eigenvalue weighted by Crippen LogP contribution is 2.29. The highest BCUT2D eigenvalue weighted by molar-refractivity contribution is 5.94. The summed E-state index contributed by atoms with van der Waals surface area (Å²) in [6.07, 6.45) is 2.19. The van der Waals surface area contributed by atoms with E-state index in [9.17, 15) is 0 Å². The quantitative estimate of drug-likeness (QED) is 0.257. The van der Waals surface area contributed by atoms with Crippen molar-refractivity contribution in [2.75, 3.05) is 11.9 Å². The van der Waals surface area contributed by atoms with Crippen molar-refractivity contribution in [3.8, 4) is 0 Å². The minimum Gasteiger partial charge on any atom is -0.325 e. The molecule has 0 fully saturated rings. The molecular formula is C15H26N4. The average Bonchev–Trinajstić information content (AvgIpc) is 2.37. The first kappa shape index (κ1) is 15.5. The molecule has 0 aliphatic rings. The second-order valence-electron chi connectivity index (χ2n) is 5.65. The summed E-state index contributed by atoms with van der Waals surface area (Å²) in [5.41, 5.74) is 4.99. The summed E-state index contributed by atoms with van der Waals surface area (Å²) in [6.45, 7) is 9.50. The molecule has 0 unspecified atom stereocenters. The number of hydrogen-bond acceptors (Lipinski definition) is 2. The molecule has 106 valence electrons. The molecule has 19 heavy (non-hydrogen) atoms. The van der Waals surface area contributed by atoms with Gasteiger partial charge in [0.05, 0.1) is 0 Å². The Hall–Kier alpha value is -1.55. The van der Waals surface area contributed by atoms with Crippen molar-refractivity contribution in [2.45, 2.75) is 46.0 Å². The van der Waals surface area contributed by atoms with E-state index in [1.54, 1.807) is 0 Å². The van der Waals surface area contributed by atoms with E-state index < -0.39 is 0 Å². The number of unbranched alkanes of at least 4 members (excludes halogenated alkanes) is 1. The molecule has 4 nitrogen and oxygen atoms in total. The summed E-state index contributed by atoms with van der Waals surface area (Å²) in [5, 5.41) is 3.28. The van der Waals surface area contributed by atoms with Crippen molar-refractivity contribution in [3.63, 3.8) is 0 Å². The van der Waals surface area contributed by atoms with Gasteiger partial charge in [-0.25, -0.2) is 5.84 Å². The van der Waals surface area contributed by atoms with E-state index in [0.717, 1.165) is 25.1 Å². The van der Waals surface area contributed by atoms with Crippen molar-refractivity contribution in [1.29, 1.82) is 0 Å². The maximum Gasteiger partial charge on any atom is 0.210 e. The second kappa shape index (κ2) is 7.14. The standard InChI is InChI=1S/C15H26N4/c1-5-6-11-17-14(19-16)18-13-10-8-7-9-12(13)15(2,3)4/h7-10H,5-6,11,16H2,1-4H3,(H2,17,18,19). The maximum absolute atomic E-state index is 5.52. The number of benzene rings is 1.